The Balaban J connectivity index is 1.72. The molecule has 6 nitrogen and oxygen atoms in total. The van der Waals surface area contributed by atoms with Crippen LogP contribution in [0.3, 0.4) is 0 Å². The number of carbonyl (C=O) groups is 3. The van der Waals surface area contributed by atoms with Crippen molar-refractivity contribution in [2.75, 3.05) is 13.1 Å². The first-order valence-electron chi connectivity index (χ1n) is 7.88. The summed E-state index contributed by atoms with van der Waals surface area (Å²) in [6.07, 6.45) is 2.06. The van der Waals surface area contributed by atoms with E-state index in [0.717, 1.165) is 18.4 Å². The smallest absolute Gasteiger partial charge is 0.305 e. The second kappa shape index (κ2) is 8.31. The summed E-state index contributed by atoms with van der Waals surface area (Å²) in [5.41, 5.74) is 0.928. The molecule has 0 saturated carbocycles. The predicted octanol–water partition coefficient (Wildman–Crippen LogP) is 1.20. The van der Waals surface area contributed by atoms with Crippen LogP contribution in [0, 0.1) is 0 Å². The molecule has 6 heteroatoms. The molecule has 1 aliphatic heterocycles. The fourth-order valence-corrected chi connectivity index (χ4v) is 2.87. The largest absolute Gasteiger partial charge is 0.481 e. The van der Waals surface area contributed by atoms with E-state index in [0.29, 0.717) is 13.0 Å². The molecular weight excluding hydrogens is 296 g/mol. The summed E-state index contributed by atoms with van der Waals surface area (Å²) in [5.74, 6) is -1.09. The van der Waals surface area contributed by atoms with Gasteiger partial charge in [0, 0.05) is 25.6 Å². The van der Waals surface area contributed by atoms with Crippen LogP contribution in [-0.4, -0.2) is 46.9 Å². The van der Waals surface area contributed by atoms with Gasteiger partial charge in [0.25, 0.3) is 0 Å². The first-order valence-corrected chi connectivity index (χ1v) is 7.88. The summed E-state index contributed by atoms with van der Waals surface area (Å²) < 4.78 is 0. The molecule has 1 atom stereocenters. The Morgan fingerprint density at radius 2 is 1.96 bits per heavy atom. The van der Waals surface area contributed by atoms with Crippen LogP contribution in [0.1, 0.15) is 31.2 Å². The summed E-state index contributed by atoms with van der Waals surface area (Å²) in [5, 5.41) is 11.6. The van der Waals surface area contributed by atoms with Gasteiger partial charge in [-0.2, -0.15) is 0 Å². The zero-order chi connectivity index (χ0) is 16.7. The molecule has 1 fully saturated rings. The van der Waals surface area contributed by atoms with Crippen LogP contribution in [0.5, 0.6) is 0 Å². The van der Waals surface area contributed by atoms with Crippen LogP contribution in [0.25, 0.3) is 0 Å². The molecule has 0 radical (unpaired) electrons. The van der Waals surface area contributed by atoms with E-state index in [9.17, 15) is 14.4 Å². The third-order valence-electron chi connectivity index (χ3n) is 3.98. The molecule has 1 unspecified atom stereocenters. The normalized spacial score (nSPS) is 17.0. The maximum Gasteiger partial charge on any atom is 0.305 e. The fourth-order valence-electron chi connectivity index (χ4n) is 2.87. The summed E-state index contributed by atoms with van der Waals surface area (Å²) in [4.78, 5) is 36.4. The SMILES string of the molecule is O=C(O)CC1CCCN1C(=O)CCNC(=O)Cc1ccccc1. The standard InChI is InChI=1S/C17H22N2O4/c20-15(11-13-5-2-1-3-6-13)18-9-8-16(21)19-10-4-7-14(19)12-17(22)23/h1-3,5-6,14H,4,7-12H2,(H,18,20)(H,22,23). The van der Waals surface area contributed by atoms with E-state index >= 15 is 0 Å². The summed E-state index contributed by atoms with van der Waals surface area (Å²) >= 11 is 0. The molecule has 2 amide bonds. The zero-order valence-electron chi connectivity index (χ0n) is 13.0. The summed E-state index contributed by atoms with van der Waals surface area (Å²) in [7, 11) is 0. The van der Waals surface area contributed by atoms with Crippen LogP contribution < -0.4 is 5.32 Å². The lowest BCUT2D eigenvalue weighted by atomic mass is 10.1. The van der Waals surface area contributed by atoms with Crippen molar-refractivity contribution in [1.29, 1.82) is 0 Å². The van der Waals surface area contributed by atoms with Gasteiger partial charge in [0.05, 0.1) is 12.8 Å². The van der Waals surface area contributed by atoms with Crippen molar-refractivity contribution in [3.63, 3.8) is 0 Å². The third kappa shape index (κ3) is 5.39. The van der Waals surface area contributed by atoms with Crippen molar-refractivity contribution in [3.05, 3.63) is 35.9 Å². The van der Waals surface area contributed by atoms with Crippen molar-refractivity contribution in [3.8, 4) is 0 Å². The molecule has 1 aromatic rings. The Bertz CT molecular complexity index is 559. The Kier molecular flexibility index (Phi) is 6.14. The van der Waals surface area contributed by atoms with Crippen LogP contribution in [0.2, 0.25) is 0 Å². The molecule has 124 valence electrons. The number of hydrogen-bond donors (Lipinski definition) is 2. The summed E-state index contributed by atoms with van der Waals surface area (Å²) in [6, 6.07) is 9.20. The monoisotopic (exact) mass is 318 g/mol. The molecule has 2 rings (SSSR count). The number of hydrogen-bond acceptors (Lipinski definition) is 3. The van der Waals surface area contributed by atoms with E-state index in [4.69, 9.17) is 5.11 Å². The number of nitrogens with one attached hydrogen (secondary N) is 1. The van der Waals surface area contributed by atoms with Crippen molar-refractivity contribution < 1.29 is 19.5 Å². The Morgan fingerprint density at radius 1 is 1.22 bits per heavy atom. The molecule has 0 aromatic heterocycles. The number of rotatable bonds is 7. The van der Waals surface area contributed by atoms with Gasteiger partial charge >= 0.3 is 5.97 Å². The van der Waals surface area contributed by atoms with Gasteiger partial charge in [-0.15, -0.1) is 0 Å². The number of carboxylic acids is 1. The van der Waals surface area contributed by atoms with Crippen LogP contribution in [0.4, 0.5) is 0 Å². The van der Waals surface area contributed by atoms with Gasteiger partial charge in [0.15, 0.2) is 0 Å². The zero-order valence-corrected chi connectivity index (χ0v) is 13.0. The minimum Gasteiger partial charge on any atom is -0.481 e. The van der Waals surface area contributed by atoms with Crippen molar-refractivity contribution in [2.24, 2.45) is 0 Å². The fraction of sp³-hybridized carbons (Fsp3) is 0.471. The second-order valence-electron chi connectivity index (χ2n) is 5.74. The van der Waals surface area contributed by atoms with E-state index in [1.165, 1.54) is 0 Å². The van der Waals surface area contributed by atoms with E-state index < -0.39 is 5.97 Å². The van der Waals surface area contributed by atoms with E-state index in [1.807, 2.05) is 30.3 Å². The number of amides is 2. The molecule has 0 spiro atoms. The molecular formula is C17H22N2O4. The first-order chi connectivity index (χ1) is 11.1. The second-order valence-corrected chi connectivity index (χ2v) is 5.74. The lowest BCUT2D eigenvalue weighted by Crippen LogP contribution is -2.39. The van der Waals surface area contributed by atoms with Gasteiger partial charge in [-0.05, 0) is 18.4 Å². The Hall–Kier alpha value is -2.37. The van der Waals surface area contributed by atoms with Crippen LogP contribution in [0.15, 0.2) is 30.3 Å². The maximum absolute atomic E-state index is 12.2. The highest BCUT2D eigenvalue weighted by atomic mass is 16.4. The molecule has 1 saturated heterocycles. The highest BCUT2D eigenvalue weighted by molar-refractivity contribution is 5.81. The average Bonchev–Trinajstić information content (AvgIpc) is 2.95. The molecule has 0 aliphatic carbocycles. The number of benzene rings is 1. The van der Waals surface area contributed by atoms with E-state index in [-0.39, 0.29) is 37.2 Å². The van der Waals surface area contributed by atoms with Gasteiger partial charge in [-0.25, -0.2) is 0 Å². The van der Waals surface area contributed by atoms with Gasteiger partial charge in [0.2, 0.25) is 11.8 Å². The van der Waals surface area contributed by atoms with Gasteiger partial charge in [-0.1, -0.05) is 30.3 Å². The minimum absolute atomic E-state index is 0.00783. The van der Waals surface area contributed by atoms with Crippen LogP contribution in [-0.2, 0) is 20.8 Å². The lowest BCUT2D eigenvalue weighted by Gasteiger charge is -2.23. The van der Waals surface area contributed by atoms with Crippen molar-refractivity contribution in [1.82, 2.24) is 10.2 Å². The first kappa shape index (κ1) is 17.0. The molecule has 2 N–H and O–H groups in total. The van der Waals surface area contributed by atoms with Gasteiger partial charge in [-0.3, -0.25) is 14.4 Å². The van der Waals surface area contributed by atoms with Gasteiger partial charge < -0.3 is 15.3 Å². The number of carboxylic acid groups (broad SMARTS) is 1. The average molecular weight is 318 g/mol. The number of likely N-dealkylation sites (tertiary alicyclic amines) is 1. The highest BCUT2D eigenvalue weighted by Crippen LogP contribution is 2.20. The quantitative estimate of drug-likeness (QED) is 0.791. The van der Waals surface area contributed by atoms with Crippen molar-refractivity contribution in [2.45, 2.75) is 38.1 Å². The summed E-state index contributed by atoms with van der Waals surface area (Å²) in [6.45, 7) is 0.884. The maximum atomic E-state index is 12.2. The predicted molar refractivity (Wildman–Crippen MR) is 84.8 cm³/mol. The topological polar surface area (TPSA) is 86.7 Å². The minimum atomic E-state index is -0.883. The molecule has 23 heavy (non-hydrogen) atoms. The van der Waals surface area contributed by atoms with E-state index in [2.05, 4.69) is 5.32 Å². The number of aliphatic carboxylic acids is 1. The third-order valence-corrected chi connectivity index (χ3v) is 3.98. The van der Waals surface area contributed by atoms with E-state index in [1.54, 1.807) is 4.90 Å². The molecule has 1 heterocycles. The van der Waals surface area contributed by atoms with Gasteiger partial charge in [0.1, 0.15) is 0 Å². The highest BCUT2D eigenvalue weighted by Gasteiger charge is 2.29. The lowest BCUT2D eigenvalue weighted by molar-refractivity contribution is -0.139. The Labute approximate surface area is 135 Å². The molecule has 1 aliphatic rings. The Morgan fingerprint density at radius 3 is 2.65 bits per heavy atom. The molecule has 0 bridgehead atoms. The molecule has 1 aromatic carbocycles. The van der Waals surface area contributed by atoms with Crippen LogP contribution >= 0.6 is 0 Å². The number of carbonyl (C=O) groups excluding carboxylic acids is 2. The van der Waals surface area contributed by atoms with Crippen molar-refractivity contribution >= 4 is 17.8 Å². The number of nitrogens with zero attached hydrogens (tertiary/aromatic N) is 1.